The highest BCUT2D eigenvalue weighted by Gasteiger charge is 2.25. The number of hydrogen-bond acceptors (Lipinski definition) is 6. The van der Waals surface area contributed by atoms with Crippen molar-refractivity contribution in [3.8, 4) is 0 Å². The minimum atomic E-state index is -0.708. The summed E-state index contributed by atoms with van der Waals surface area (Å²) in [6, 6.07) is 19.2. The summed E-state index contributed by atoms with van der Waals surface area (Å²) >= 11 is 6.36. The predicted molar refractivity (Wildman–Crippen MR) is 141 cm³/mol. The van der Waals surface area contributed by atoms with Gasteiger partial charge in [0.15, 0.2) is 5.65 Å². The Morgan fingerprint density at radius 1 is 1.17 bits per heavy atom. The van der Waals surface area contributed by atoms with Gasteiger partial charge in [0.1, 0.15) is 11.6 Å². The van der Waals surface area contributed by atoms with Crippen LogP contribution in [0.1, 0.15) is 25.3 Å². The number of anilines is 4. The minimum Gasteiger partial charge on any atom is -0.367 e. The summed E-state index contributed by atoms with van der Waals surface area (Å²) in [7, 11) is 0. The van der Waals surface area contributed by atoms with Gasteiger partial charge in [-0.05, 0) is 50.1 Å². The second-order valence-electron chi connectivity index (χ2n) is 8.57. The van der Waals surface area contributed by atoms with Crippen molar-refractivity contribution in [2.75, 3.05) is 10.2 Å². The molecule has 0 bridgehead atoms. The summed E-state index contributed by atoms with van der Waals surface area (Å²) < 4.78 is 1.77. The summed E-state index contributed by atoms with van der Waals surface area (Å²) in [6.45, 7) is 1.73. The van der Waals surface area contributed by atoms with Crippen LogP contribution in [0.3, 0.4) is 0 Å². The molecule has 0 atom stereocenters. The Balaban J connectivity index is 1.64. The molecule has 2 aromatic carbocycles. The third-order valence-electron chi connectivity index (χ3n) is 5.69. The molecule has 1 aliphatic carbocycles. The van der Waals surface area contributed by atoms with Crippen LogP contribution in [-0.2, 0) is 11.2 Å². The number of para-hydroxylation sites is 1. The number of carbonyl (C=O) groups is 2. The number of benzene rings is 2. The maximum atomic E-state index is 11.7. The van der Waals surface area contributed by atoms with Gasteiger partial charge in [0.2, 0.25) is 6.41 Å². The van der Waals surface area contributed by atoms with Crippen LogP contribution >= 0.6 is 11.6 Å². The molecular formula is C26H24ClN7O2. The molecule has 36 heavy (non-hydrogen) atoms. The molecule has 1 saturated carbocycles. The number of urea groups is 1. The number of nitrogens with one attached hydrogen (secondary N) is 2. The van der Waals surface area contributed by atoms with Crippen molar-refractivity contribution in [3.63, 3.8) is 0 Å². The van der Waals surface area contributed by atoms with E-state index in [1.807, 2.05) is 70.9 Å². The van der Waals surface area contributed by atoms with Gasteiger partial charge in [-0.3, -0.25) is 15.0 Å². The van der Waals surface area contributed by atoms with Crippen LogP contribution in [0.5, 0.6) is 0 Å². The van der Waals surface area contributed by atoms with E-state index in [1.54, 1.807) is 17.6 Å². The molecule has 0 saturated heterocycles. The van der Waals surface area contributed by atoms with Gasteiger partial charge in [0, 0.05) is 46.2 Å². The summed E-state index contributed by atoms with van der Waals surface area (Å²) in [6.07, 6.45) is 4.58. The average molecular weight is 502 g/mol. The predicted octanol–water partition coefficient (Wildman–Crippen LogP) is 5.30. The van der Waals surface area contributed by atoms with E-state index in [4.69, 9.17) is 16.6 Å². The van der Waals surface area contributed by atoms with Gasteiger partial charge in [0.05, 0.1) is 6.20 Å². The zero-order valence-electron chi connectivity index (χ0n) is 19.6. The summed E-state index contributed by atoms with van der Waals surface area (Å²) in [5.41, 5.74) is 3.77. The Bertz CT molecular complexity index is 1450. The van der Waals surface area contributed by atoms with Crippen molar-refractivity contribution in [3.05, 3.63) is 77.4 Å². The van der Waals surface area contributed by atoms with E-state index in [0.717, 1.165) is 35.6 Å². The van der Waals surface area contributed by atoms with Gasteiger partial charge in [-0.25, -0.2) is 14.8 Å². The Morgan fingerprint density at radius 3 is 2.67 bits per heavy atom. The minimum absolute atomic E-state index is 0.312. The second-order valence-corrected chi connectivity index (χ2v) is 9.00. The smallest absolute Gasteiger partial charge is 0.347 e. The van der Waals surface area contributed by atoms with Crippen molar-refractivity contribution in [2.45, 2.75) is 32.2 Å². The first kappa shape index (κ1) is 23.5. The third kappa shape index (κ3) is 5.21. The Morgan fingerprint density at radius 2 is 1.94 bits per heavy atom. The topological polar surface area (TPSA) is 104 Å². The number of nitrogens with zero attached hydrogens (tertiary/aromatic N) is 5. The van der Waals surface area contributed by atoms with Gasteiger partial charge in [-0.1, -0.05) is 35.9 Å². The van der Waals surface area contributed by atoms with Gasteiger partial charge in [0.25, 0.3) is 0 Å². The average Bonchev–Trinajstić information content (AvgIpc) is 3.59. The maximum absolute atomic E-state index is 11.7. The molecular weight excluding hydrogens is 478 g/mol. The van der Waals surface area contributed by atoms with Crippen molar-refractivity contribution >= 4 is 58.4 Å². The van der Waals surface area contributed by atoms with Gasteiger partial charge in [-0.15, -0.1) is 0 Å². The molecule has 0 spiro atoms. The standard InChI is InChI=1S/C26H24ClN7O2/c1-17(30-26(36)28-16-35)12-18-15-29-34-24(31-20-10-11-20)14-23(32-25(18)34)33(21-7-3-2-4-8-21)22-9-5-6-19(27)13-22/h2-9,13-16,20,31H,10-12H2,1H3,(H,28,35,36). The molecule has 0 unspecified atom stereocenters. The summed E-state index contributed by atoms with van der Waals surface area (Å²) in [5, 5.41) is 10.8. The highest BCUT2D eigenvalue weighted by atomic mass is 35.5. The van der Waals surface area contributed by atoms with Gasteiger partial charge in [-0.2, -0.15) is 9.61 Å². The number of aromatic nitrogens is 3. The van der Waals surface area contributed by atoms with E-state index in [1.165, 1.54) is 0 Å². The highest BCUT2D eigenvalue weighted by Crippen LogP contribution is 2.37. The molecule has 10 heteroatoms. The number of aliphatic imine (C=N–C) groups is 1. The fourth-order valence-electron chi connectivity index (χ4n) is 3.95. The lowest BCUT2D eigenvalue weighted by Crippen LogP contribution is -2.18. The van der Waals surface area contributed by atoms with Gasteiger partial charge >= 0.3 is 6.03 Å². The highest BCUT2D eigenvalue weighted by molar-refractivity contribution is 6.30. The SMILES string of the molecule is CC(Cc1cnn2c(NC3CC3)cc(N(c3ccccc3)c3cccc(Cl)c3)nc12)=NC(=O)NC=O. The fourth-order valence-corrected chi connectivity index (χ4v) is 4.14. The summed E-state index contributed by atoms with van der Waals surface area (Å²) in [5.74, 6) is 1.51. The van der Waals surface area contributed by atoms with E-state index < -0.39 is 6.03 Å². The third-order valence-corrected chi connectivity index (χ3v) is 5.93. The Hall–Kier alpha value is -4.24. The second kappa shape index (κ2) is 10.2. The number of hydrogen-bond donors (Lipinski definition) is 2. The van der Waals surface area contributed by atoms with E-state index in [-0.39, 0.29) is 0 Å². The molecule has 1 fully saturated rings. The van der Waals surface area contributed by atoms with Crippen LogP contribution in [0.25, 0.3) is 5.65 Å². The molecule has 0 radical (unpaired) electrons. The quantitative estimate of drug-likeness (QED) is 0.251. The zero-order valence-corrected chi connectivity index (χ0v) is 20.3. The first-order valence-corrected chi connectivity index (χ1v) is 11.9. The Kier molecular flexibility index (Phi) is 6.64. The number of halogens is 1. The lowest BCUT2D eigenvalue weighted by molar-refractivity contribution is -0.108. The summed E-state index contributed by atoms with van der Waals surface area (Å²) in [4.78, 5) is 33.2. The number of carbonyl (C=O) groups excluding carboxylic acids is 2. The van der Waals surface area contributed by atoms with E-state index in [9.17, 15) is 9.59 Å². The molecule has 5 rings (SSSR count). The monoisotopic (exact) mass is 501 g/mol. The number of fused-ring (bicyclic) bond motifs is 1. The normalized spacial score (nSPS) is 13.4. The maximum Gasteiger partial charge on any atom is 0.347 e. The molecule has 9 nitrogen and oxygen atoms in total. The van der Waals surface area contributed by atoms with Crippen LogP contribution < -0.4 is 15.5 Å². The van der Waals surface area contributed by atoms with Crippen LogP contribution in [0.15, 0.2) is 71.9 Å². The van der Waals surface area contributed by atoms with E-state index in [2.05, 4.69) is 15.4 Å². The molecule has 3 amide bonds. The van der Waals surface area contributed by atoms with Gasteiger partial charge < -0.3 is 5.32 Å². The van der Waals surface area contributed by atoms with Crippen molar-refractivity contribution < 1.29 is 9.59 Å². The molecule has 4 aromatic rings. The first-order chi connectivity index (χ1) is 17.5. The molecule has 182 valence electrons. The molecule has 2 heterocycles. The number of rotatable bonds is 8. The fraction of sp³-hybridized carbons (Fsp3) is 0.192. The molecule has 2 N–H and O–H groups in total. The molecule has 2 aromatic heterocycles. The Labute approximate surface area is 212 Å². The van der Waals surface area contributed by atoms with Crippen molar-refractivity contribution in [1.29, 1.82) is 0 Å². The molecule has 0 aliphatic heterocycles. The number of amides is 3. The van der Waals surface area contributed by atoms with Crippen molar-refractivity contribution in [1.82, 2.24) is 19.9 Å². The van der Waals surface area contributed by atoms with Crippen LogP contribution in [0, 0.1) is 0 Å². The van der Waals surface area contributed by atoms with E-state index in [0.29, 0.717) is 41.1 Å². The van der Waals surface area contributed by atoms with Crippen LogP contribution in [-0.4, -0.2) is 38.8 Å². The lowest BCUT2D eigenvalue weighted by Gasteiger charge is -2.25. The largest absolute Gasteiger partial charge is 0.367 e. The number of imide groups is 1. The lowest BCUT2D eigenvalue weighted by atomic mass is 10.2. The van der Waals surface area contributed by atoms with Crippen LogP contribution in [0.4, 0.5) is 27.8 Å². The zero-order chi connectivity index (χ0) is 25.1. The molecule has 1 aliphatic rings. The van der Waals surface area contributed by atoms with Crippen molar-refractivity contribution in [2.24, 2.45) is 4.99 Å². The first-order valence-electron chi connectivity index (χ1n) is 11.5. The van der Waals surface area contributed by atoms with Crippen LogP contribution in [0.2, 0.25) is 5.02 Å². The van der Waals surface area contributed by atoms with E-state index >= 15 is 0 Å².